The van der Waals surface area contributed by atoms with Crippen LogP contribution < -0.4 is 10.1 Å². The average Bonchev–Trinajstić information content (AvgIpc) is 3.12. The smallest absolute Gasteiger partial charge is 0.222 e. The minimum Gasteiger partial charge on any atom is -0.494 e. The molecule has 2 aliphatic rings. The summed E-state index contributed by atoms with van der Waals surface area (Å²) in [5.74, 6) is 1.19. The van der Waals surface area contributed by atoms with Crippen LogP contribution in [-0.2, 0) is 11.2 Å². The SMILES string of the molecule is CCOc1ccccc1CCC(=O)N1CCC(N2CCNCC2)C1. The van der Waals surface area contributed by atoms with Gasteiger partial charge in [0.05, 0.1) is 6.61 Å². The van der Waals surface area contributed by atoms with E-state index in [4.69, 9.17) is 4.74 Å². The number of para-hydroxylation sites is 1. The number of nitrogens with one attached hydrogen (secondary N) is 1. The Morgan fingerprint density at radius 2 is 2.04 bits per heavy atom. The summed E-state index contributed by atoms with van der Waals surface area (Å²) in [7, 11) is 0. The molecular weight excluding hydrogens is 302 g/mol. The van der Waals surface area contributed by atoms with E-state index in [-0.39, 0.29) is 5.91 Å². The van der Waals surface area contributed by atoms with E-state index in [1.807, 2.05) is 25.1 Å². The van der Waals surface area contributed by atoms with E-state index >= 15 is 0 Å². The normalized spacial score (nSPS) is 21.9. The van der Waals surface area contributed by atoms with E-state index in [1.165, 1.54) is 0 Å². The molecule has 1 aromatic rings. The van der Waals surface area contributed by atoms with Crippen LogP contribution in [0.3, 0.4) is 0 Å². The van der Waals surface area contributed by atoms with Crippen LogP contribution in [0, 0.1) is 0 Å². The van der Waals surface area contributed by atoms with Crippen molar-refractivity contribution in [2.75, 3.05) is 45.9 Å². The maximum absolute atomic E-state index is 12.6. The van der Waals surface area contributed by atoms with E-state index in [2.05, 4.69) is 21.2 Å². The van der Waals surface area contributed by atoms with Gasteiger partial charge in [-0.3, -0.25) is 9.69 Å². The first-order valence-electron chi connectivity index (χ1n) is 9.21. The summed E-state index contributed by atoms with van der Waals surface area (Å²) < 4.78 is 5.65. The number of benzene rings is 1. The van der Waals surface area contributed by atoms with Crippen molar-refractivity contribution in [1.82, 2.24) is 15.1 Å². The van der Waals surface area contributed by atoms with Crippen molar-refractivity contribution in [2.45, 2.75) is 32.2 Å². The van der Waals surface area contributed by atoms with Crippen LogP contribution in [0.5, 0.6) is 5.75 Å². The van der Waals surface area contributed by atoms with Gasteiger partial charge >= 0.3 is 0 Å². The van der Waals surface area contributed by atoms with Crippen molar-refractivity contribution >= 4 is 5.91 Å². The molecule has 1 unspecified atom stereocenters. The third-order valence-electron chi connectivity index (χ3n) is 5.06. The number of piperazine rings is 1. The predicted molar refractivity (Wildman–Crippen MR) is 95.4 cm³/mol. The molecule has 0 radical (unpaired) electrons. The highest BCUT2D eigenvalue weighted by atomic mass is 16.5. The highest BCUT2D eigenvalue weighted by molar-refractivity contribution is 5.77. The second kappa shape index (κ2) is 8.49. The van der Waals surface area contributed by atoms with Crippen molar-refractivity contribution < 1.29 is 9.53 Å². The fourth-order valence-electron chi connectivity index (χ4n) is 3.72. The van der Waals surface area contributed by atoms with Gasteiger partial charge in [-0.15, -0.1) is 0 Å². The molecule has 1 amide bonds. The van der Waals surface area contributed by atoms with Crippen LogP contribution >= 0.6 is 0 Å². The molecule has 0 spiro atoms. The molecule has 3 rings (SSSR count). The number of carbonyl (C=O) groups is 1. The van der Waals surface area contributed by atoms with Crippen molar-refractivity contribution in [3.05, 3.63) is 29.8 Å². The van der Waals surface area contributed by atoms with Gasteiger partial charge in [0.2, 0.25) is 5.91 Å². The number of hydrogen-bond acceptors (Lipinski definition) is 4. The number of nitrogens with zero attached hydrogens (tertiary/aromatic N) is 2. The molecule has 0 aromatic heterocycles. The van der Waals surface area contributed by atoms with E-state index in [0.717, 1.165) is 63.4 Å². The quantitative estimate of drug-likeness (QED) is 0.858. The monoisotopic (exact) mass is 331 g/mol. The lowest BCUT2D eigenvalue weighted by Crippen LogP contribution is -2.49. The highest BCUT2D eigenvalue weighted by Crippen LogP contribution is 2.21. The maximum atomic E-state index is 12.6. The third kappa shape index (κ3) is 4.28. The zero-order chi connectivity index (χ0) is 16.8. The van der Waals surface area contributed by atoms with Gasteiger partial charge in [-0.2, -0.15) is 0 Å². The van der Waals surface area contributed by atoms with Gasteiger partial charge in [-0.1, -0.05) is 18.2 Å². The summed E-state index contributed by atoms with van der Waals surface area (Å²) in [6.07, 6.45) is 2.43. The molecule has 5 heteroatoms. The molecule has 1 atom stereocenters. The summed E-state index contributed by atoms with van der Waals surface area (Å²) in [6, 6.07) is 8.59. The van der Waals surface area contributed by atoms with Crippen LogP contribution in [0.25, 0.3) is 0 Å². The lowest BCUT2D eigenvalue weighted by molar-refractivity contribution is -0.130. The Balaban J connectivity index is 1.49. The first-order valence-corrected chi connectivity index (χ1v) is 9.21. The molecule has 5 nitrogen and oxygen atoms in total. The maximum Gasteiger partial charge on any atom is 0.222 e. The van der Waals surface area contributed by atoms with Crippen molar-refractivity contribution in [3.63, 3.8) is 0 Å². The topological polar surface area (TPSA) is 44.8 Å². The van der Waals surface area contributed by atoms with E-state index in [0.29, 0.717) is 19.1 Å². The molecule has 24 heavy (non-hydrogen) atoms. The molecule has 2 fully saturated rings. The second-order valence-electron chi connectivity index (χ2n) is 6.61. The molecular formula is C19H29N3O2. The largest absolute Gasteiger partial charge is 0.494 e. The molecule has 1 N–H and O–H groups in total. The number of carbonyl (C=O) groups excluding carboxylic acids is 1. The molecule has 0 bridgehead atoms. The third-order valence-corrected chi connectivity index (χ3v) is 5.06. The molecule has 2 aliphatic heterocycles. The number of amides is 1. The lowest BCUT2D eigenvalue weighted by Gasteiger charge is -2.32. The summed E-state index contributed by atoms with van der Waals surface area (Å²) in [5.41, 5.74) is 1.13. The van der Waals surface area contributed by atoms with E-state index in [9.17, 15) is 4.79 Å². The number of hydrogen-bond donors (Lipinski definition) is 1. The van der Waals surface area contributed by atoms with Crippen LogP contribution in [0.1, 0.15) is 25.3 Å². The summed E-state index contributed by atoms with van der Waals surface area (Å²) in [4.78, 5) is 17.2. The molecule has 1 aromatic carbocycles. The number of ether oxygens (including phenoxy) is 1. The summed E-state index contributed by atoms with van der Waals surface area (Å²) in [5, 5.41) is 3.39. The first-order chi connectivity index (χ1) is 11.8. The molecule has 0 aliphatic carbocycles. The van der Waals surface area contributed by atoms with Gasteiger partial charge in [0.25, 0.3) is 0 Å². The number of aryl methyl sites for hydroxylation is 1. The minimum absolute atomic E-state index is 0.277. The van der Waals surface area contributed by atoms with Gasteiger partial charge in [-0.05, 0) is 31.4 Å². The van der Waals surface area contributed by atoms with Gasteiger partial charge in [0, 0.05) is 51.7 Å². The number of rotatable bonds is 6. The zero-order valence-corrected chi connectivity index (χ0v) is 14.7. The second-order valence-corrected chi connectivity index (χ2v) is 6.61. The molecule has 2 heterocycles. The fraction of sp³-hybridized carbons (Fsp3) is 0.632. The minimum atomic E-state index is 0.277. The Kier molecular flexibility index (Phi) is 6.10. The Labute approximate surface area is 145 Å². The Morgan fingerprint density at radius 3 is 2.83 bits per heavy atom. The van der Waals surface area contributed by atoms with Crippen LogP contribution in [0.2, 0.25) is 0 Å². The van der Waals surface area contributed by atoms with Gasteiger partial charge in [0.1, 0.15) is 5.75 Å². The summed E-state index contributed by atoms with van der Waals surface area (Å²) >= 11 is 0. The standard InChI is InChI=1S/C19H29N3O2/c1-2-24-18-6-4-3-5-16(18)7-8-19(23)22-12-9-17(15-22)21-13-10-20-11-14-21/h3-6,17,20H,2,7-15H2,1H3. The molecule has 2 saturated heterocycles. The Bertz CT molecular complexity index is 543. The van der Waals surface area contributed by atoms with Crippen LogP contribution in [0.4, 0.5) is 0 Å². The summed E-state index contributed by atoms with van der Waals surface area (Å²) in [6.45, 7) is 8.79. The highest BCUT2D eigenvalue weighted by Gasteiger charge is 2.30. The van der Waals surface area contributed by atoms with Crippen molar-refractivity contribution in [2.24, 2.45) is 0 Å². The van der Waals surface area contributed by atoms with E-state index in [1.54, 1.807) is 0 Å². The molecule has 132 valence electrons. The van der Waals surface area contributed by atoms with Crippen molar-refractivity contribution in [1.29, 1.82) is 0 Å². The molecule has 0 saturated carbocycles. The lowest BCUT2D eigenvalue weighted by atomic mass is 10.1. The van der Waals surface area contributed by atoms with Gasteiger partial charge < -0.3 is 15.0 Å². The average molecular weight is 331 g/mol. The van der Waals surface area contributed by atoms with Gasteiger partial charge in [0.15, 0.2) is 0 Å². The Hall–Kier alpha value is -1.59. The van der Waals surface area contributed by atoms with Crippen molar-refractivity contribution in [3.8, 4) is 5.75 Å². The van der Waals surface area contributed by atoms with Crippen LogP contribution in [-0.4, -0.2) is 67.6 Å². The van der Waals surface area contributed by atoms with E-state index < -0.39 is 0 Å². The number of likely N-dealkylation sites (tertiary alicyclic amines) is 1. The first kappa shape index (κ1) is 17.2. The zero-order valence-electron chi connectivity index (χ0n) is 14.7. The van der Waals surface area contributed by atoms with Crippen LogP contribution in [0.15, 0.2) is 24.3 Å². The Morgan fingerprint density at radius 1 is 1.25 bits per heavy atom. The predicted octanol–water partition coefficient (Wildman–Crippen LogP) is 1.52. The fourth-order valence-corrected chi connectivity index (χ4v) is 3.72. The van der Waals surface area contributed by atoms with Gasteiger partial charge in [-0.25, -0.2) is 0 Å².